The molecule has 0 aliphatic heterocycles. The number of rotatable bonds is 10. The Labute approximate surface area is 208 Å². The number of hydrogen-bond donors (Lipinski definition) is 3. The van der Waals surface area contributed by atoms with E-state index in [-0.39, 0.29) is 24.6 Å². The van der Waals surface area contributed by atoms with Crippen LogP contribution in [-0.2, 0) is 16.0 Å². The fourth-order valence-corrected chi connectivity index (χ4v) is 3.70. The second kappa shape index (κ2) is 11.8. The second-order valence-corrected chi connectivity index (χ2v) is 9.27. The third-order valence-electron chi connectivity index (χ3n) is 5.34. The summed E-state index contributed by atoms with van der Waals surface area (Å²) in [6.07, 6.45) is -0.0872. The first-order valence-corrected chi connectivity index (χ1v) is 11.6. The summed E-state index contributed by atoms with van der Waals surface area (Å²) in [4.78, 5) is 25.2. The van der Waals surface area contributed by atoms with E-state index in [0.29, 0.717) is 16.3 Å². The third kappa shape index (κ3) is 7.53. The standard InChI is InChI=1S/C25H29ClN4O5/c1-15(2)14-35-25(33)23(31)12-20(27-24(32)22-13-30(34)29-28-22)10-17-5-7-18(8-6-17)21-11-19(26)9-4-16(21)3/h4-9,11,13,15,20,23,31,34H,10,12,14H2,1-3H3,(H,27,32). The molecule has 3 aromatic rings. The highest BCUT2D eigenvalue weighted by Crippen LogP contribution is 2.27. The van der Waals surface area contributed by atoms with E-state index >= 15 is 0 Å². The molecule has 10 heteroatoms. The predicted octanol–water partition coefficient (Wildman–Crippen LogP) is 3.44. The normalized spacial score (nSPS) is 12.9. The van der Waals surface area contributed by atoms with Crippen molar-refractivity contribution in [3.05, 3.63) is 70.5 Å². The maximum atomic E-state index is 12.6. The first-order valence-electron chi connectivity index (χ1n) is 11.2. The van der Waals surface area contributed by atoms with E-state index in [2.05, 4.69) is 15.6 Å². The summed E-state index contributed by atoms with van der Waals surface area (Å²) in [6.45, 7) is 5.99. The molecule has 9 nitrogen and oxygen atoms in total. The molecule has 0 bridgehead atoms. The Balaban J connectivity index is 1.75. The summed E-state index contributed by atoms with van der Waals surface area (Å²) in [5, 5.41) is 30.0. The average molecular weight is 501 g/mol. The van der Waals surface area contributed by atoms with E-state index in [1.807, 2.05) is 63.2 Å². The van der Waals surface area contributed by atoms with Gasteiger partial charge in [-0.25, -0.2) is 4.79 Å². The number of aryl methyl sites for hydroxylation is 1. The maximum absolute atomic E-state index is 12.6. The smallest absolute Gasteiger partial charge is 0.335 e. The van der Waals surface area contributed by atoms with Gasteiger partial charge in [0.1, 0.15) is 0 Å². The fourth-order valence-electron chi connectivity index (χ4n) is 3.53. The molecular formula is C25H29ClN4O5. The minimum absolute atomic E-state index is 0.0644. The lowest BCUT2D eigenvalue weighted by molar-refractivity contribution is -0.155. The van der Waals surface area contributed by atoms with Crippen LogP contribution in [0.25, 0.3) is 11.1 Å². The Morgan fingerprint density at radius 1 is 1.17 bits per heavy atom. The van der Waals surface area contributed by atoms with Crippen LogP contribution in [-0.4, -0.2) is 56.1 Å². The molecule has 0 radical (unpaired) electrons. The van der Waals surface area contributed by atoms with Crippen LogP contribution >= 0.6 is 11.6 Å². The van der Waals surface area contributed by atoms with Crippen LogP contribution in [0, 0.1) is 12.8 Å². The molecule has 0 saturated heterocycles. The zero-order chi connectivity index (χ0) is 25.5. The summed E-state index contributed by atoms with van der Waals surface area (Å²) < 4.78 is 5.12. The van der Waals surface area contributed by atoms with Crippen LogP contribution in [0.3, 0.4) is 0 Å². The molecule has 3 rings (SSSR count). The van der Waals surface area contributed by atoms with Crippen LogP contribution in [0.4, 0.5) is 0 Å². The number of ether oxygens (including phenoxy) is 1. The number of nitrogens with one attached hydrogen (secondary N) is 1. The topological polar surface area (TPSA) is 127 Å². The van der Waals surface area contributed by atoms with Crippen LogP contribution in [0.5, 0.6) is 0 Å². The van der Waals surface area contributed by atoms with E-state index in [1.165, 1.54) is 0 Å². The quantitative estimate of drug-likeness (QED) is 0.287. The number of aliphatic hydroxyl groups is 1. The molecule has 0 aliphatic rings. The van der Waals surface area contributed by atoms with Crippen LogP contribution in [0.1, 0.15) is 41.9 Å². The van der Waals surface area contributed by atoms with Crippen molar-refractivity contribution in [2.75, 3.05) is 6.61 Å². The zero-order valence-electron chi connectivity index (χ0n) is 19.8. The molecule has 2 aromatic carbocycles. The number of nitrogens with zero attached hydrogens (tertiary/aromatic N) is 3. The molecule has 0 aliphatic carbocycles. The van der Waals surface area contributed by atoms with Gasteiger partial charge in [-0.05, 0) is 58.9 Å². The number of aliphatic hydroxyl groups excluding tert-OH is 1. The number of carbonyl (C=O) groups excluding carboxylic acids is 2. The van der Waals surface area contributed by atoms with Crippen molar-refractivity contribution in [3.63, 3.8) is 0 Å². The molecule has 2 unspecified atom stereocenters. The zero-order valence-corrected chi connectivity index (χ0v) is 20.6. The van der Waals surface area contributed by atoms with Gasteiger partial charge in [0.05, 0.1) is 12.8 Å². The van der Waals surface area contributed by atoms with Gasteiger partial charge in [0, 0.05) is 17.5 Å². The number of esters is 1. The van der Waals surface area contributed by atoms with Gasteiger partial charge in [0.2, 0.25) is 0 Å². The van der Waals surface area contributed by atoms with Gasteiger partial charge in [0.25, 0.3) is 5.91 Å². The molecule has 2 atom stereocenters. The number of carbonyl (C=O) groups is 2. The van der Waals surface area contributed by atoms with Crippen LogP contribution < -0.4 is 5.32 Å². The summed E-state index contributed by atoms with van der Waals surface area (Å²) in [6, 6.07) is 12.8. The molecule has 0 saturated carbocycles. The van der Waals surface area contributed by atoms with E-state index in [9.17, 15) is 19.9 Å². The molecule has 0 fully saturated rings. The van der Waals surface area contributed by atoms with Crippen molar-refractivity contribution < 1.29 is 24.6 Å². The van der Waals surface area contributed by atoms with E-state index in [4.69, 9.17) is 16.3 Å². The Kier molecular flexibility index (Phi) is 8.84. The van der Waals surface area contributed by atoms with Crippen molar-refractivity contribution in [1.82, 2.24) is 20.5 Å². The van der Waals surface area contributed by atoms with Gasteiger partial charge in [-0.2, -0.15) is 0 Å². The lowest BCUT2D eigenvalue weighted by Gasteiger charge is -2.21. The summed E-state index contributed by atoms with van der Waals surface area (Å²) in [5.41, 5.74) is 3.89. The molecule has 1 aromatic heterocycles. The van der Waals surface area contributed by atoms with Gasteiger partial charge in [0.15, 0.2) is 11.8 Å². The lowest BCUT2D eigenvalue weighted by Crippen LogP contribution is -2.41. The summed E-state index contributed by atoms with van der Waals surface area (Å²) >= 11 is 6.15. The Morgan fingerprint density at radius 2 is 1.89 bits per heavy atom. The summed E-state index contributed by atoms with van der Waals surface area (Å²) in [5.74, 6) is -1.21. The molecule has 1 amide bonds. The fraction of sp³-hybridized carbons (Fsp3) is 0.360. The Morgan fingerprint density at radius 3 is 2.51 bits per heavy atom. The SMILES string of the molecule is Cc1ccc(Cl)cc1-c1ccc(CC(CC(O)C(=O)OCC(C)C)NC(=O)c2cn(O)nn2)cc1. The van der Waals surface area contributed by atoms with E-state index in [0.717, 1.165) is 28.5 Å². The first-order chi connectivity index (χ1) is 16.6. The highest BCUT2D eigenvalue weighted by Gasteiger charge is 2.25. The van der Waals surface area contributed by atoms with Crippen molar-refractivity contribution in [2.45, 2.75) is 45.8 Å². The predicted molar refractivity (Wildman–Crippen MR) is 130 cm³/mol. The summed E-state index contributed by atoms with van der Waals surface area (Å²) in [7, 11) is 0. The van der Waals surface area contributed by atoms with Crippen molar-refractivity contribution >= 4 is 23.5 Å². The monoisotopic (exact) mass is 500 g/mol. The highest BCUT2D eigenvalue weighted by atomic mass is 35.5. The van der Waals surface area contributed by atoms with Gasteiger partial charge in [-0.1, -0.05) is 60.6 Å². The number of amides is 1. The maximum Gasteiger partial charge on any atom is 0.335 e. The van der Waals surface area contributed by atoms with Gasteiger partial charge in [-0.15, -0.1) is 5.10 Å². The number of hydrogen-bond acceptors (Lipinski definition) is 7. The lowest BCUT2D eigenvalue weighted by atomic mass is 9.96. The average Bonchev–Trinajstić information content (AvgIpc) is 3.26. The van der Waals surface area contributed by atoms with Crippen molar-refractivity contribution in [2.24, 2.45) is 5.92 Å². The molecule has 3 N–H and O–H groups in total. The van der Waals surface area contributed by atoms with E-state index < -0.39 is 24.0 Å². The molecule has 1 heterocycles. The molecule has 35 heavy (non-hydrogen) atoms. The Hall–Kier alpha value is -3.43. The van der Waals surface area contributed by atoms with Crippen LogP contribution in [0.2, 0.25) is 5.02 Å². The largest absolute Gasteiger partial charge is 0.464 e. The van der Waals surface area contributed by atoms with E-state index in [1.54, 1.807) is 0 Å². The van der Waals surface area contributed by atoms with Crippen LogP contribution in [0.15, 0.2) is 48.7 Å². The third-order valence-corrected chi connectivity index (χ3v) is 5.57. The number of halogens is 1. The first kappa shape index (κ1) is 26.2. The van der Waals surface area contributed by atoms with Crippen molar-refractivity contribution in [3.8, 4) is 11.1 Å². The van der Waals surface area contributed by atoms with Crippen molar-refractivity contribution in [1.29, 1.82) is 0 Å². The molecular weight excluding hydrogens is 472 g/mol. The highest BCUT2D eigenvalue weighted by molar-refractivity contribution is 6.30. The Bertz CT molecular complexity index is 1160. The van der Waals surface area contributed by atoms with Gasteiger partial charge in [-0.3, -0.25) is 4.79 Å². The molecule has 186 valence electrons. The minimum atomic E-state index is -1.42. The number of aromatic nitrogens is 3. The second-order valence-electron chi connectivity index (χ2n) is 8.83. The van der Waals surface area contributed by atoms with Gasteiger partial charge < -0.3 is 20.4 Å². The van der Waals surface area contributed by atoms with Gasteiger partial charge >= 0.3 is 5.97 Å². The number of benzene rings is 2. The molecule has 0 spiro atoms. The minimum Gasteiger partial charge on any atom is -0.464 e.